The van der Waals surface area contributed by atoms with E-state index in [0.29, 0.717) is 11.7 Å². The van der Waals surface area contributed by atoms with E-state index >= 15 is 0 Å². The van der Waals surface area contributed by atoms with Crippen LogP contribution in [0.15, 0.2) is 57.7 Å². The number of nitrogens with zero attached hydrogens (tertiary/aromatic N) is 4. The van der Waals surface area contributed by atoms with E-state index in [1.54, 1.807) is 0 Å². The minimum absolute atomic E-state index is 0.690. The number of anilines is 1. The fourth-order valence-corrected chi connectivity index (χ4v) is 4.04. The average molecular weight is 365 g/mol. The number of allylic oxidation sites excluding steroid dienone is 3. The molecule has 4 rings (SSSR count). The number of aliphatic imine (C=N–C) groups is 2. The second-order valence-electron chi connectivity index (χ2n) is 8.66. The van der Waals surface area contributed by atoms with Gasteiger partial charge in [-0.05, 0) is 54.8 Å². The van der Waals surface area contributed by atoms with E-state index in [9.17, 15) is 0 Å². The lowest BCUT2D eigenvalue weighted by Crippen LogP contribution is -2.46. The van der Waals surface area contributed by atoms with Gasteiger partial charge in [0.05, 0.1) is 50.5 Å². The predicted octanol–water partition coefficient (Wildman–Crippen LogP) is 3.06. The number of likely N-dealkylation sites (N-methyl/N-ethyl adjacent to an activating group) is 1. The SMILES string of the molecule is C[N+](C)(C)C1CCN(c2ccc(N=C3C=C4CCCN=C4C=C3N)cc2)C1. The molecule has 1 atom stereocenters. The molecular weight excluding hydrogens is 334 g/mol. The van der Waals surface area contributed by atoms with Gasteiger partial charge in [0.2, 0.25) is 0 Å². The summed E-state index contributed by atoms with van der Waals surface area (Å²) in [5, 5.41) is 0. The highest BCUT2D eigenvalue weighted by Crippen LogP contribution is 2.27. The Bertz CT molecular complexity index is 836. The molecule has 0 aromatic heterocycles. The first kappa shape index (κ1) is 18.0. The molecule has 1 unspecified atom stereocenters. The fourth-order valence-electron chi connectivity index (χ4n) is 4.04. The maximum atomic E-state index is 6.21. The highest BCUT2D eigenvalue weighted by Gasteiger charge is 2.32. The van der Waals surface area contributed by atoms with Crippen molar-refractivity contribution in [1.82, 2.24) is 0 Å². The quantitative estimate of drug-likeness (QED) is 0.662. The van der Waals surface area contributed by atoms with Gasteiger partial charge in [0.1, 0.15) is 6.04 Å². The number of rotatable bonds is 3. The summed E-state index contributed by atoms with van der Waals surface area (Å²) < 4.78 is 1.02. The van der Waals surface area contributed by atoms with Gasteiger partial charge in [-0.15, -0.1) is 0 Å². The van der Waals surface area contributed by atoms with Crippen molar-refractivity contribution in [2.45, 2.75) is 25.3 Å². The molecule has 142 valence electrons. The van der Waals surface area contributed by atoms with Gasteiger partial charge in [0.15, 0.2) is 0 Å². The molecule has 1 saturated heterocycles. The van der Waals surface area contributed by atoms with E-state index in [2.05, 4.69) is 61.4 Å². The van der Waals surface area contributed by atoms with Crippen molar-refractivity contribution < 1.29 is 4.48 Å². The maximum absolute atomic E-state index is 6.21. The molecular formula is C22H30N5+. The Labute approximate surface area is 162 Å². The standard InChI is InChI=1S/C22H30N5/c1-27(2,3)19-10-12-26(15-19)18-8-6-17(7-9-18)25-22-13-16-5-4-11-24-21(16)14-20(22)23/h6-9,13-14,19H,4-5,10-12,15,23H2,1-3H3/q+1. The maximum Gasteiger partial charge on any atom is 0.108 e. The average Bonchev–Trinajstić information content (AvgIpc) is 3.13. The number of fused-ring (bicyclic) bond motifs is 1. The van der Waals surface area contributed by atoms with Crippen molar-refractivity contribution in [3.05, 3.63) is 47.7 Å². The van der Waals surface area contributed by atoms with Crippen LogP contribution < -0.4 is 10.6 Å². The Morgan fingerprint density at radius 3 is 2.63 bits per heavy atom. The zero-order valence-electron chi connectivity index (χ0n) is 16.7. The van der Waals surface area contributed by atoms with Crippen LogP contribution in [-0.2, 0) is 0 Å². The molecule has 27 heavy (non-hydrogen) atoms. The third-order valence-corrected chi connectivity index (χ3v) is 5.84. The summed E-state index contributed by atoms with van der Waals surface area (Å²) >= 11 is 0. The summed E-state index contributed by atoms with van der Waals surface area (Å²) in [7, 11) is 6.85. The van der Waals surface area contributed by atoms with Crippen molar-refractivity contribution in [2.24, 2.45) is 15.7 Å². The molecule has 2 aliphatic heterocycles. The number of benzene rings is 1. The molecule has 2 N–H and O–H groups in total. The summed E-state index contributed by atoms with van der Waals surface area (Å²) in [6, 6.07) is 9.24. The lowest BCUT2D eigenvalue weighted by molar-refractivity contribution is -0.893. The second kappa shape index (κ2) is 6.97. The molecule has 3 aliphatic rings. The predicted molar refractivity (Wildman–Crippen MR) is 114 cm³/mol. The fraction of sp³-hybridized carbons (Fsp3) is 0.455. The van der Waals surface area contributed by atoms with E-state index < -0.39 is 0 Å². The molecule has 5 heteroatoms. The van der Waals surface area contributed by atoms with Gasteiger partial charge < -0.3 is 15.1 Å². The van der Waals surface area contributed by atoms with Gasteiger partial charge in [-0.3, -0.25) is 4.99 Å². The first-order valence-electron chi connectivity index (χ1n) is 9.88. The molecule has 0 saturated carbocycles. The molecule has 0 amide bonds. The lowest BCUT2D eigenvalue weighted by Gasteiger charge is -2.31. The summed E-state index contributed by atoms with van der Waals surface area (Å²) in [6.07, 6.45) is 7.48. The minimum Gasteiger partial charge on any atom is -0.397 e. The van der Waals surface area contributed by atoms with Gasteiger partial charge in [0, 0.05) is 25.2 Å². The Morgan fingerprint density at radius 2 is 1.93 bits per heavy atom. The molecule has 1 aromatic rings. The summed E-state index contributed by atoms with van der Waals surface area (Å²) in [5.41, 5.74) is 12.3. The first-order chi connectivity index (χ1) is 12.9. The van der Waals surface area contributed by atoms with Gasteiger partial charge in [-0.1, -0.05) is 0 Å². The van der Waals surface area contributed by atoms with Crippen LogP contribution in [0.5, 0.6) is 0 Å². The molecule has 1 fully saturated rings. The Balaban J connectivity index is 1.50. The van der Waals surface area contributed by atoms with Crippen molar-refractivity contribution in [2.75, 3.05) is 45.7 Å². The van der Waals surface area contributed by atoms with Crippen LogP contribution in [0.2, 0.25) is 0 Å². The lowest BCUT2D eigenvalue weighted by atomic mass is 9.94. The summed E-state index contributed by atoms with van der Waals surface area (Å²) in [4.78, 5) is 11.8. The van der Waals surface area contributed by atoms with E-state index in [-0.39, 0.29) is 0 Å². The van der Waals surface area contributed by atoms with Crippen molar-refractivity contribution in [3.8, 4) is 0 Å². The number of hydrogen-bond acceptors (Lipinski definition) is 4. The van der Waals surface area contributed by atoms with Crippen LogP contribution >= 0.6 is 0 Å². The van der Waals surface area contributed by atoms with Crippen LogP contribution in [0.3, 0.4) is 0 Å². The molecule has 0 radical (unpaired) electrons. The van der Waals surface area contributed by atoms with Crippen molar-refractivity contribution in [3.63, 3.8) is 0 Å². The third-order valence-electron chi connectivity index (χ3n) is 5.84. The zero-order valence-corrected chi connectivity index (χ0v) is 16.7. The summed E-state index contributed by atoms with van der Waals surface area (Å²) in [5.74, 6) is 0. The van der Waals surface area contributed by atoms with Crippen LogP contribution in [0.4, 0.5) is 11.4 Å². The van der Waals surface area contributed by atoms with Crippen molar-refractivity contribution in [1.29, 1.82) is 0 Å². The van der Waals surface area contributed by atoms with Gasteiger partial charge in [-0.2, -0.15) is 0 Å². The molecule has 5 nitrogen and oxygen atoms in total. The smallest absolute Gasteiger partial charge is 0.108 e. The third kappa shape index (κ3) is 3.83. The molecule has 1 aliphatic carbocycles. The largest absolute Gasteiger partial charge is 0.397 e. The minimum atomic E-state index is 0.690. The van der Waals surface area contributed by atoms with E-state index in [1.165, 1.54) is 17.7 Å². The van der Waals surface area contributed by atoms with Gasteiger partial charge in [-0.25, -0.2) is 4.99 Å². The zero-order chi connectivity index (χ0) is 19.0. The van der Waals surface area contributed by atoms with Crippen LogP contribution in [-0.4, -0.2) is 62.7 Å². The Kier molecular flexibility index (Phi) is 4.64. The molecule has 1 aromatic carbocycles. The Hall–Kier alpha value is -2.40. The van der Waals surface area contributed by atoms with Crippen LogP contribution in [0, 0.1) is 0 Å². The number of nitrogens with two attached hydrogens (primary N) is 1. The van der Waals surface area contributed by atoms with Crippen LogP contribution in [0.1, 0.15) is 19.3 Å². The molecule has 0 bridgehead atoms. The summed E-state index contributed by atoms with van der Waals surface area (Å²) in [6.45, 7) is 3.13. The van der Waals surface area contributed by atoms with Gasteiger partial charge >= 0.3 is 0 Å². The van der Waals surface area contributed by atoms with E-state index in [1.807, 2.05) is 6.08 Å². The normalized spacial score (nSPS) is 24.4. The topological polar surface area (TPSA) is 54.0 Å². The second-order valence-corrected chi connectivity index (χ2v) is 8.66. The number of quaternary nitrogens is 1. The van der Waals surface area contributed by atoms with E-state index in [4.69, 9.17) is 10.7 Å². The molecule has 2 heterocycles. The van der Waals surface area contributed by atoms with Crippen molar-refractivity contribution >= 4 is 22.8 Å². The van der Waals surface area contributed by atoms with E-state index in [0.717, 1.165) is 54.1 Å². The Morgan fingerprint density at radius 1 is 1.15 bits per heavy atom. The number of hydrogen-bond donors (Lipinski definition) is 1. The highest BCUT2D eigenvalue weighted by atomic mass is 15.4. The monoisotopic (exact) mass is 364 g/mol. The van der Waals surface area contributed by atoms with Gasteiger partial charge in [0.25, 0.3) is 0 Å². The van der Waals surface area contributed by atoms with Crippen LogP contribution in [0.25, 0.3) is 0 Å². The highest BCUT2D eigenvalue weighted by molar-refractivity contribution is 6.24. The molecule has 0 spiro atoms. The first-order valence-corrected chi connectivity index (χ1v) is 9.88.